The average molecular weight is 457 g/mol. The number of piperidine rings is 1. The number of nitrogens with one attached hydrogen (secondary N) is 1. The molecule has 1 amide bonds. The van der Waals surface area contributed by atoms with Crippen LogP contribution >= 0.6 is 0 Å². The van der Waals surface area contributed by atoms with Gasteiger partial charge in [0.25, 0.3) is 0 Å². The third kappa shape index (κ3) is 5.99. The van der Waals surface area contributed by atoms with Crippen LogP contribution in [0.2, 0.25) is 0 Å². The quantitative estimate of drug-likeness (QED) is 0.454. The zero-order valence-corrected chi connectivity index (χ0v) is 18.9. The van der Waals surface area contributed by atoms with Gasteiger partial charge in [-0.3, -0.25) is 4.79 Å². The van der Waals surface area contributed by atoms with E-state index in [1.165, 1.54) is 16.4 Å². The van der Waals surface area contributed by atoms with Crippen LogP contribution in [0.5, 0.6) is 11.5 Å². The Morgan fingerprint density at radius 3 is 2.62 bits per heavy atom. The summed E-state index contributed by atoms with van der Waals surface area (Å²) in [4.78, 5) is 12.6. The molecule has 1 heterocycles. The predicted octanol–water partition coefficient (Wildman–Crippen LogP) is 4.09. The first-order chi connectivity index (χ1) is 15.4. The summed E-state index contributed by atoms with van der Waals surface area (Å²) in [6.45, 7) is 5.04. The lowest BCUT2D eigenvalue weighted by Gasteiger charge is -2.26. The summed E-state index contributed by atoms with van der Waals surface area (Å²) in [6, 6.07) is 11.7. The van der Waals surface area contributed by atoms with Crippen LogP contribution in [-0.2, 0) is 14.8 Å². The Labute approximate surface area is 189 Å². The van der Waals surface area contributed by atoms with Gasteiger partial charge in [-0.15, -0.1) is 0 Å². The van der Waals surface area contributed by atoms with Crippen LogP contribution in [0.25, 0.3) is 6.08 Å². The van der Waals surface area contributed by atoms with E-state index in [1.54, 1.807) is 55.7 Å². The maximum atomic E-state index is 12.9. The Morgan fingerprint density at radius 1 is 1.12 bits per heavy atom. The average Bonchev–Trinajstić information content (AvgIpc) is 2.82. The van der Waals surface area contributed by atoms with E-state index in [4.69, 9.17) is 9.47 Å². The van der Waals surface area contributed by atoms with E-state index in [1.807, 2.05) is 0 Å². The number of amides is 1. The molecule has 170 valence electrons. The van der Waals surface area contributed by atoms with Crippen molar-refractivity contribution >= 4 is 27.7 Å². The highest BCUT2D eigenvalue weighted by Crippen LogP contribution is 2.28. The van der Waals surface area contributed by atoms with Gasteiger partial charge in [-0.05, 0) is 54.8 Å². The standard InChI is InChI=1S/C24H28N2O5S/c1-3-16-31-22-12-10-19(17-23(22)30-2)11-13-24(27)25-20-8-7-9-21(18-20)32(28,29)26-14-5-4-6-15-26/h3,7-13,17-18H,1,4-6,14-16H2,2H3,(H,25,27)/b13-11+. The Bertz CT molecular complexity index is 1090. The zero-order valence-electron chi connectivity index (χ0n) is 18.1. The summed E-state index contributed by atoms with van der Waals surface area (Å²) in [5.74, 6) is 0.759. The molecule has 0 unspecified atom stereocenters. The normalized spacial score (nSPS) is 14.8. The summed E-state index contributed by atoms with van der Waals surface area (Å²) in [5.41, 5.74) is 1.17. The molecule has 2 aromatic rings. The molecular weight excluding hydrogens is 428 g/mol. The molecule has 1 N–H and O–H groups in total. The molecule has 1 fully saturated rings. The summed E-state index contributed by atoms with van der Waals surface area (Å²) in [5, 5.41) is 2.72. The number of hydrogen-bond donors (Lipinski definition) is 1. The predicted molar refractivity (Wildman–Crippen MR) is 125 cm³/mol. The first kappa shape index (κ1) is 23.6. The van der Waals surface area contributed by atoms with Gasteiger partial charge in [-0.25, -0.2) is 8.42 Å². The SMILES string of the molecule is C=CCOc1ccc(/C=C/C(=O)Nc2cccc(S(=O)(=O)N3CCCCC3)c2)cc1OC. The molecule has 2 aromatic carbocycles. The minimum absolute atomic E-state index is 0.182. The third-order valence-corrected chi connectivity index (χ3v) is 6.92. The van der Waals surface area contributed by atoms with Crippen LogP contribution in [0.4, 0.5) is 5.69 Å². The highest BCUT2D eigenvalue weighted by atomic mass is 32.2. The maximum absolute atomic E-state index is 12.9. The number of hydrogen-bond acceptors (Lipinski definition) is 5. The molecule has 0 spiro atoms. The molecule has 1 aliphatic rings. The van der Waals surface area contributed by atoms with Gasteiger partial charge in [0.2, 0.25) is 15.9 Å². The lowest BCUT2D eigenvalue weighted by atomic mass is 10.2. The number of carbonyl (C=O) groups excluding carboxylic acids is 1. The van der Waals surface area contributed by atoms with Crippen molar-refractivity contribution in [1.29, 1.82) is 0 Å². The number of benzene rings is 2. The number of carbonyl (C=O) groups is 1. The van der Waals surface area contributed by atoms with Gasteiger partial charge < -0.3 is 14.8 Å². The van der Waals surface area contributed by atoms with Crippen molar-refractivity contribution in [3.63, 3.8) is 0 Å². The second-order valence-electron chi connectivity index (χ2n) is 7.33. The molecule has 3 rings (SSSR count). The van der Waals surface area contributed by atoms with Gasteiger partial charge >= 0.3 is 0 Å². The van der Waals surface area contributed by atoms with E-state index in [-0.39, 0.29) is 10.8 Å². The summed E-state index contributed by atoms with van der Waals surface area (Å²) < 4.78 is 38.1. The van der Waals surface area contributed by atoms with Crippen molar-refractivity contribution in [3.05, 3.63) is 66.8 Å². The fourth-order valence-electron chi connectivity index (χ4n) is 3.40. The number of anilines is 1. The van der Waals surface area contributed by atoms with Crippen molar-refractivity contribution < 1.29 is 22.7 Å². The highest BCUT2D eigenvalue weighted by molar-refractivity contribution is 7.89. The topological polar surface area (TPSA) is 84.9 Å². The Hall–Kier alpha value is -3.10. The smallest absolute Gasteiger partial charge is 0.248 e. The molecule has 0 saturated carbocycles. The van der Waals surface area contributed by atoms with E-state index in [2.05, 4.69) is 11.9 Å². The van der Waals surface area contributed by atoms with Gasteiger partial charge in [0.05, 0.1) is 12.0 Å². The number of sulfonamides is 1. The van der Waals surface area contributed by atoms with Gasteiger partial charge in [0, 0.05) is 24.9 Å². The van der Waals surface area contributed by atoms with Crippen LogP contribution in [-0.4, -0.2) is 45.4 Å². The van der Waals surface area contributed by atoms with Gasteiger partial charge in [-0.1, -0.05) is 31.2 Å². The number of nitrogens with zero attached hydrogens (tertiary/aromatic N) is 1. The molecule has 1 saturated heterocycles. The van der Waals surface area contributed by atoms with E-state index < -0.39 is 10.0 Å². The maximum Gasteiger partial charge on any atom is 0.248 e. The third-order valence-electron chi connectivity index (χ3n) is 5.03. The minimum Gasteiger partial charge on any atom is -0.493 e. The molecule has 1 aliphatic heterocycles. The molecule has 0 aromatic heterocycles. The zero-order chi connectivity index (χ0) is 23.0. The Morgan fingerprint density at radius 2 is 1.91 bits per heavy atom. The van der Waals surface area contributed by atoms with E-state index in [9.17, 15) is 13.2 Å². The lowest BCUT2D eigenvalue weighted by Crippen LogP contribution is -2.35. The Kier molecular flexibility index (Phi) is 8.08. The molecule has 8 heteroatoms. The van der Waals surface area contributed by atoms with Crippen molar-refractivity contribution in [1.82, 2.24) is 4.31 Å². The van der Waals surface area contributed by atoms with Gasteiger partial charge in [-0.2, -0.15) is 4.31 Å². The first-order valence-corrected chi connectivity index (χ1v) is 11.9. The minimum atomic E-state index is -3.56. The van der Waals surface area contributed by atoms with E-state index in [0.717, 1.165) is 24.8 Å². The molecular formula is C24H28N2O5S. The van der Waals surface area contributed by atoms with Gasteiger partial charge in [0.1, 0.15) is 6.61 Å². The molecule has 32 heavy (non-hydrogen) atoms. The molecule has 0 radical (unpaired) electrons. The first-order valence-electron chi connectivity index (χ1n) is 10.4. The van der Waals surface area contributed by atoms with Crippen molar-refractivity contribution in [3.8, 4) is 11.5 Å². The summed E-state index contributed by atoms with van der Waals surface area (Å²) in [6.07, 6.45) is 7.45. The van der Waals surface area contributed by atoms with Crippen LogP contribution in [0, 0.1) is 0 Å². The largest absolute Gasteiger partial charge is 0.493 e. The number of methoxy groups -OCH3 is 1. The van der Waals surface area contributed by atoms with Crippen molar-refractivity contribution in [2.75, 3.05) is 32.1 Å². The number of ether oxygens (including phenoxy) is 2. The van der Waals surface area contributed by atoms with Crippen LogP contribution < -0.4 is 14.8 Å². The fourth-order valence-corrected chi connectivity index (χ4v) is 4.96. The summed E-state index contributed by atoms with van der Waals surface area (Å²) in [7, 11) is -2.02. The van der Waals surface area contributed by atoms with E-state index >= 15 is 0 Å². The Balaban J connectivity index is 1.68. The van der Waals surface area contributed by atoms with Crippen molar-refractivity contribution in [2.24, 2.45) is 0 Å². The van der Waals surface area contributed by atoms with Crippen LogP contribution in [0.3, 0.4) is 0 Å². The molecule has 0 atom stereocenters. The summed E-state index contributed by atoms with van der Waals surface area (Å²) >= 11 is 0. The molecule has 0 aliphatic carbocycles. The second kappa shape index (κ2) is 11.0. The highest BCUT2D eigenvalue weighted by Gasteiger charge is 2.26. The van der Waals surface area contributed by atoms with E-state index in [0.29, 0.717) is 36.9 Å². The van der Waals surface area contributed by atoms with Gasteiger partial charge in [0.15, 0.2) is 11.5 Å². The fraction of sp³-hybridized carbons (Fsp3) is 0.292. The molecule has 7 nitrogen and oxygen atoms in total. The lowest BCUT2D eigenvalue weighted by molar-refractivity contribution is -0.111. The number of rotatable bonds is 9. The molecule has 0 bridgehead atoms. The van der Waals surface area contributed by atoms with Crippen molar-refractivity contribution in [2.45, 2.75) is 24.2 Å². The monoisotopic (exact) mass is 456 g/mol. The van der Waals surface area contributed by atoms with Crippen LogP contribution in [0.1, 0.15) is 24.8 Å². The second-order valence-corrected chi connectivity index (χ2v) is 9.26. The van der Waals surface area contributed by atoms with Crippen LogP contribution in [0.15, 0.2) is 66.1 Å².